The Labute approximate surface area is 190 Å². The largest absolute Gasteiger partial charge is 0.452 e. The maximum atomic E-state index is 13.6. The van der Waals surface area contributed by atoms with E-state index in [4.69, 9.17) is 16.3 Å². The monoisotopic (exact) mass is 470 g/mol. The van der Waals surface area contributed by atoms with Gasteiger partial charge in [0.05, 0.1) is 28.1 Å². The average molecular weight is 471 g/mol. The second kappa shape index (κ2) is 8.79. The van der Waals surface area contributed by atoms with E-state index >= 15 is 0 Å². The molecule has 0 spiro atoms. The van der Waals surface area contributed by atoms with Gasteiger partial charge in [-0.05, 0) is 54.6 Å². The van der Waals surface area contributed by atoms with E-state index in [2.05, 4.69) is 5.32 Å². The van der Waals surface area contributed by atoms with Crippen LogP contribution in [0.4, 0.5) is 20.2 Å². The van der Waals surface area contributed by atoms with Gasteiger partial charge in [-0.15, -0.1) is 0 Å². The van der Waals surface area contributed by atoms with Crippen molar-refractivity contribution in [2.75, 3.05) is 16.8 Å². The number of amides is 3. The summed E-state index contributed by atoms with van der Waals surface area (Å²) in [6.07, 6.45) is 0. The lowest BCUT2D eigenvalue weighted by Crippen LogP contribution is -2.29. The van der Waals surface area contributed by atoms with Crippen molar-refractivity contribution in [2.45, 2.75) is 0 Å². The molecule has 3 aromatic carbocycles. The van der Waals surface area contributed by atoms with Crippen LogP contribution < -0.4 is 10.2 Å². The SMILES string of the molecule is O=C(COC(=O)c1ccc2c(c1)C(=O)N(c1ccc(Cl)cc1)C2=O)Nc1ccc(F)cc1F. The number of imide groups is 1. The maximum absolute atomic E-state index is 13.6. The van der Waals surface area contributed by atoms with Crippen LogP contribution in [-0.2, 0) is 9.53 Å². The fourth-order valence-electron chi connectivity index (χ4n) is 3.18. The summed E-state index contributed by atoms with van der Waals surface area (Å²) in [5.74, 6) is -4.76. The third kappa shape index (κ3) is 4.44. The van der Waals surface area contributed by atoms with Crippen molar-refractivity contribution >= 4 is 46.7 Å². The number of nitrogens with one attached hydrogen (secondary N) is 1. The van der Waals surface area contributed by atoms with Crippen LogP contribution in [0.25, 0.3) is 0 Å². The Morgan fingerprint density at radius 1 is 0.909 bits per heavy atom. The molecule has 0 aliphatic carbocycles. The van der Waals surface area contributed by atoms with Gasteiger partial charge in [-0.1, -0.05) is 11.6 Å². The first-order valence-corrected chi connectivity index (χ1v) is 9.83. The zero-order chi connectivity index (χ0) is 23.7. The van der Waals surface area contributed by atoms with Crippen molar-refractivity contribution in [3.63, 3.8) is 0 Å². The maximum Gasteiger partial charge on any atom is 0.338 e. The Bertz CT molecular complexity index is 1310. The lowest BCUT2D eigenvalue weighted by atomic mass is 10.1. The number of esters is 1. The summed E-state index contributed by atoms with van der Waals surface area (Å²) >= 11 is 5.85. The van der Waals surface area contributed by atoms with Crippen molar-refractivity contribution in [3.05, 3.63) is 94.0 Å². The predicted octanol–water partition coefficient (Wildman–Crippen LogP) is 4.21. The van der Waals surface area contributed by atoms with Gasteiger partial charge in [0.1, 0.15) is 11.6 Å². The molecule has 10 heteroatoms. The number of rotatable bonds is 5. The molecule has 7 nitrogen and oxygen atoms in total. The fourth-order valence-corrected chi connectivity index (χ4v) is 3.31. The zero-order valence-corrected chi connectivity index (χ0v) is 17.4. The van der Waals surface area contributed by atoms with Crippen molar-refractivity contribution in [1.29, 1.82) is 0 Å². The molecule has 0 fully saturated rings. The van der Waals surface area contributed by atoms with Crippen molar-refractivity contribution in [3.8, 4) is 0 Å². The van der Waals surface area contributed by atoms with Crippen LogP contribution in [0.3, 0.4) is 0 Å². The van der Waals surface area contributed by atoms with Crippen LogP contribution in [-0.4, -0.2) is 30.3 Å². The van der Waals surface area contributed by atoms with Crippen LogP contribution >= 0.6 is 11.6 Å². The Morgan fingerprint density at radius 2 is 1.61 bits per heavy atom. The first-order valence-electron chi connectivity index (χ1n) is 9.45. The van der Waals surface area contributed by atoms with Crippen LogP contribution in [0.5, 0.6) is 0 Å². The van der Waals surface area contributed by atoms with Crippen molar-refractivity contribution < 1.29 is 32.7 Å². The normalized spacial score (nSPS) is 12.5. The molecular formula is C23H13ClF2N2O5. The molecule has 0 bridgehead atoms. The Morgan fingerprint density at radius 3 is 2.30 bits per heavy atom. The summed E-state index contributed by atoms with van der Waals surface area (Å²) in [5.41, 5.74) is 0.0904. The molecule has 0 radical (unpaired) electrons. The lowest BCUT2D eigenvalue weighted by molar-refractivity contribution is -0.119. The van der Waals surface area contributed by atoms with E-state index in [1.807, 2.05) is 0 Å². The molecule has 3 amide bonds. The van der Waals surface area contributed by atoms with Gasteiger partial charge >= 0.3 is 5.97 Å². The second-order valence-electron chi connectivity index (χ2n) is 6.93. The Balaban J connectivity index is 1.44. The number of carbonyl (C=O) groups is 4. The quantitative estimate of drug-likeness (QED) is 0.445. The molecule has 1 aliphatic heterocycles. The molecule has 0 aromatic heterocycles. The van der Waals surface area contributed by atoms with Gasteiger partial charge in [0.15, 0.2) is 6.61 Å². The third-order valence-corrected chi connectivity index (χ3v) is 5.00. The van der Waals surface area contributed by atoms with Gasteiger partial charge in [0.25, 0.3) is 17.7 Å². The zero-order valence-electron chi connectivity index (χ0n) is 16.6. The van der Waals surface area contributed by atoms with Crippen LogP contribution in [0.1, 0.15) is 31.1 Å². The molecule has 33 heavy (non-hydrogen) atoms. The topological polar surface area (TPSA) is 92.8 Å². The lowest BCUT2D eigenvalue weighted by Gasteiger charge is -2.13. The molecule has 4 rings (SSSR count). The summed E-state index contributed by atoms with van der Waals surface area (Å²) in [5, 5.41) is 2.59. The summed E-state index contributed by atoms with van der Waals surface area (Å²) in [6, 6.07) is 12.5. The van der Waals surface area contributed by atoms with Gasteiger partial charge in [0.2, 0.25) is 0 Å². The average Bonchev–Trinajstić information content (AvgIpc) is 3.04. The van der Waals surface area contributed by atoms with Crippen molar-refractivity contribution in [2.24, 2.45) is 0 Å². The molecule has 0 saturated carbocycles. The Kier molecular flexibility index (Phi) is 5.89. The summed E-state index contributed by atoms with van der Waals surface area (Å²) in [4.78, 5) is 50.7. The third-order valence-electron chi connectivity index (χ3n) is 4.75. The summed E-state index contributed by atoms with van der Waals surface area (Å²) < 4.78 is 31.4. The van der Waals surface area contributed by atoms with Crippen molar-refractivity contribution in [1.82, 2.24) is 0 Å². The van der Waals surface area contributed by atoms with Gasteiger partial charge in [-0.25, -0.2) is 18.5 Å². The molecule has 1 aliphatic rings. The van der Waals surface area contributed by atoms with E-state index in [0.717, 1.165) is 17.0 Å². The number of benzene rings is 3. The van der Waals surface area contributed by atoms with E-state index in [-0.39, 0.29) is 22.4 Å². The minimum Gasteiger partial charge on any atom is -0.452 e. The Hall–Kier alpha value is -4.11. The van der Waals surface area contributed by atoms with Gasteiger partial charge in [-0.3, -0.25) is 14.4 Å². The molecule has 1 N–H and O–H groups in total. The molecule has 0 saturated heterocycles. The minimum absolute atomic E-state index is 0.00207. The van der Waals surface area contributed by atoms with E-state index < -0.39 is 41.9 Å². The number of anilines is 2. The fraction of sp³-hybridized carbons (Fsp3) is 0.0435. The van der Waals surface area contributed by atoms with Crippen LogP contribution in [0.15, 0.2) is 60.7 Å². The highest BCUT2D eigenvalue weighted by Gasteiger charge is 2.37. The molecule has 0 unspecified atom stereocenters. The second-order valence-corrected chi connectivity index (χ2v) is 7.37. The highest BCUT2D eigenvalue weighted by Crippen LogP contribution is 2.30. The smallest absolute Gasteiger partial charge is 0.338 e. The molecular weight excluding hydrogens is 458 g/mol. The first-order chi connectivity index (χ1) is 15.7. The van der Waals surface area contributed by atoms with E-state index in [9.17, 15) is 28.0 Å². The van der Waals surface area contributed by atoms with Gasteiger partial charge in [-0.2, -0.15) is 0 Å². The number of fused-ring (bicyclic) bond motifs is 1. The standard InChI is InChI=1S/C23H13ClF2N2O5/c24-13-2-5-15(6-3-13)28-21(30)16-7-1-12(9-17(16)22(28)31)23(32)33-11-20(29)27-19-8-4-14(25)10-18(19)26/h1-10H,11H2,(H,27,29). The van der Waals surface area contributed by atoms with Crippen LogP contribution in [0.2, 0.25) is 5.02 Å². The molecule has 1 heterocycles. The summed E-state index contributed by atoms with van der Waals surface area (Å²) in [7, 11) is 0. The number of carbonyl (C=O) groups excluding carboxylic acids is 4. The van der Waals surface area contributed by atoms with Crippen LogP contribution in [0, 0.1) is 11.6 Å². The molecule has 166 valence electrons. The first kappa shape index (κ1) is 22.1. The number of halogens is 3. The highest BCUT2D eigenvalue weighted by atomic mass is 35.5. The number of hydrogen-bond acceptors (Lipinski definition) is 5. The minimum atomic E-state index is -0.985. The van der Waals surface area contributed by atoms with Gasteiger partial charge in [0, 0.05) is 11.1 Å². The number of hydrogen-bond donors (Lipinski definition) is 1. The number of ether oxygens (including phenoxy) is 1. The van der Waals surface area contributed by atoms with E-state index in [1.54, 1.807) is 0 Å². The predicted molar refractivity (Wildman–Crippen MR) is 114 cm³/mol. The number of nitrogens with zero attached hydrogens (tertiary/aromatic N) is 1. The summed E-state index contributed by atoms with van der Waals surface area (Å²) in [6.45, 7) is -0.753. The molecule has 0 atom stereocenters. The highest BCUT2D eigenvalue weighted by molar-refractivity contribution is 6.35. The molecule has 3 aromatic rings. The van der Waals surface area contributed by atoms with E-state index in [1.165, 1.54) is 42.5 Å². The van der Waals surface area contributed by atoms with Gasteiger partial charge < -0.3 is 10.1 Å². The van der Waals surface area contributed by atoms with E-state index in [0.29, 0.717) is 16.8 Å².